The standard InChI is InChI=1S/C16H27N3O2/c1-13(2)19(3)12-16(20)18-11-14-5-7-15(8-6-14)17-9-10-21-4/h5-8,13,17H,9-12H2,1-4H3,(H,18,20). The molecule has 0 aromatic heterocycles. The number of amides is 1. The van der Waals surface area contributed by atoms with E-state index < -0.39 is 0 Å². The Labute approximate surface area is 127 Å². The number of anilines is 1. The van der Waals surface area contributed by atoms with Gasteiger partial charge in [-0.1, -0.05) is 12.1 Å². The van der Waals surface area contributed by atoms with Crippen molar-refractivity contribution in [2.75, 3.05) is 39.2 Å². The summed E-state index contributed by atoms with van der Waals surface area (Å²) in [6, 6.07) is 8.42. The largest absolute Gasteiger partial charge is 0.383 e. The average Bonchev–Trinajstić information content (AvgIpc) is 2.46. The Morgan fingerprint density at radius 2 is 1.95 bits per heavy atom. The molecule has 0 spiro atoms. The molecule has 5 nitrogen and oxygen atoms in total. The van der Waals surface area contributed by atoms with Crippen LogP contribution in [0.25, 0.3) is 0 Å². The molecule has 1 aromatic carbocycles. The third-order valence-corrected chi connectivity index (χ3v) is 3.35. The zero-order valence-corrected chi connectivity index (χ0v) is 13.5. The molecule has 118 valence electrons. The van der Waals surface area contributed by atoms with E-state index in [4.69, 9.17) is 4.74 Å². The zero-order chi connectivity index (χ0) is 15.7. The molecule has 2 N–H and O–H groups in total. The topological polar surface area (TPSA) is 53.6 Å². The minimum absolute atomic E-state index is 0.0495. The van der Waals surface area contributed by atoms with E-state index in [0.29, 0.717) is 25.7 Å². The van der Waals surface area contributed by atoms with Crippen LogP contribution in [0.5, 0.6) is 0 Å². The van der Waals surface area contributed by atoms with Gasteiger partial charge in [0, 0.05) is 31.9 Å². The van der Waals surface area contributed by atoms with Crippen molar-refractivity contribution in [1.29, 1.82) is 0 Å². The molecule has 0 fully saturated rings. The maximum atomic E-state index is 11.8. The lowest BCUT2D eigenvalue weighted by Crippen LogP contribution is -2.38. The summed E-state index contributed by atoms with van der Waals surface area (Å²) in [4.78, 5) is 13.8. The first kappa shape index (κ1) is 17.5. The Morgan fingerprint density at radius 3 is 2.52 bits per heavy atom. The number of hydrogen-bond donors (Lipinski definition) is 2. The minimum Gasteiger partial charge on any atom is -0.383 e. The summed E-state index contributed by atoms with van der Waals surface area (Å²) in [5.41, 5.74) is 2.15. The number of nitrogens with zero attached hydrogens (tertiary/aromatic N) is 1. The number of ether oxygens (including phenoxy) is 1. The fraction of sp³-hybridized carbons (Fsp3) is 0.562. The number of benzene rings is 1. The van der Waals surface area contributed by atoms with Gasteiger partial charge in [0.05, 0.1) is 13.2 Å². The highest BCUT2D eigenvalue weighted by Crippen LogP contribution is 2.09. The van der Waals surface area contributed by atoms with Crippen LogP contribution in [0.1, 0.15) is 19.4 Å². The average molecular weight is 293 g/mol. The first-order valence-corrected chi connectivity index (χ1v) is 7.31. The highest BCUT2D eigenvalue weighted by molar-refractivity contribution is 5.78. The molecule has 1 rings (SSSR count). The van der Waals surface area contributed by atoms with Crippen molar-refractivity contribution in [2.24, 2.45) is 0 Å². The Hall–Kier alpha value is -1.59. The van der Waals surface area contributed by atoms with Gasteiger partial charge in [-0.25, -0.2) is 0 Å². The molecule has 0 saturated heterocycles. The molecular weight excluding hydrogens is 266 g/mol. The number of nitrogens with one attached hydrogen (secondary N) is 2. The normalized spacial score (nSPS) is 11.0. The van der Waals surface area contributed by atoms with E-state index >= 15 is 0 Å². The van der Waals surface area contributed by atoms with Crippen LogP contribution in [0.3, 0.4) is 0 Å². The lowest BCUT2D eigenvalue weighted by Gasteiger charge is -2.20. The van der Waals surface area contributed by atoms with Gasteiger partial charge in [0.1, 0.15) is 0 Å². The van der Waals surface area contributed by atoms with Crippen molar-refractivity contribution in [1.82, 2.24) is 10.2 Å². The van der Waals surface area contributed by atoms with E-state index in [-0.39, 0.29) is 5.91 Å². The molecule has 0 saturated carbocycles. The molecule has 21 heavy (non-hydrogen) atoms. The predicted octanol–water partition coefficient (Wildman–Crippen LogP) is 1.70. The lowest BCUT2D eigenvalue weighted by molar-refractivity contribution is -0.122. The van der Waals surface area contributed by atoms with Crippen molar-refractivity contribution < 1.29 is 9.53 Å². The molecular formula is C16H27N3O2. The summed E-state index contributed by atoms with van der Waals surface area (Å²) in [7, 11) is 3.63. The van der Waals surface area contributed by atoms with Gasteiger partial charge in [0.25, 0.3) is 0 Å². The van der Waals surface area contributed by atoms with Crippen molar-refractivity contribution >= 4 is 11.6 Å². The van der Waals surface area contributed by atoms with E-state index in [1.165, 1.54) is 0 Å². The van der Waals surface area contributed by atoms with Crippen LogP contribution >= 0.6 is 0 Å². The summed E-state index contributed by atoms with van der Waals surface area (Å²) < 4.78 is 4.99. The maximum Gasteiger partial charge on any atom is 0.234 e. The summed E-state index contributed by atoms with van der Waals surface area (Å²) in [5.74, 6) is 0.0495. The van der Waals surface area contributed by atoms with Gasteiger partial charge < -0.3 is 15.4 Å². The van der Waals surface area contributed by atoms with Gasteiger partial charge >= 0.3 is 0 Å². The summed E-state index contributed by atoms with van der Waals surface area (Å²) in [6.07, 6.45) is 0. The van der Waals surface area contributed by atoms with Crippen LogP contribution in [-0.4, -0.2) is 50.7 Å². The quantitative estimate of drug-likeness (QED) is 0.681. The van der Waals surface area contributed by atoms with Crippen LogP contribution < -0.4 is 10.6 Å². The monoisotopic (exact) mass is 293 g/mol. The van der Waals surface area contributed by atoms with Gasteiger partial charge in [0.2, 0.25) is 5.91 Å². The number of likely N-dealkylation sites (N-methyl/N-ethyl adjacent to an activating group) is 1. The van der Waals surface area contributed by atoms with Gasteiger partial charge in [-0.2, -0.15) is 0 Å². The Kier molecular flexibility index (Phi) is 7.79. The number of carbonyl (C=O) groups excluding carboxylic acids is 1. The number of hydrogen-bond acceptors (Lipinski definition) is 4. The fourth-order valence-corrected chi connectivity index (χ4v) is 1.70. The van der Waals surface area contributed by atoms with E-state index in [1.54, 1.807) is 7.11 Å². The summed E-state index contributed by atoms with van der Waals surface area (Å²) >= 11 is 0. The van der Waals surface area contributed by atoms with E-state index in [2.05, 4.69) is 24.5 Å². The molecule has 0 bridgehead atoms. The lowest BCUT2D eigenvalue weighted by atomic mass is 10.2. The molecule has 5 heteroatoms. The van der Waals surface area contributed by atoms with Crippen molar-refractivity contribution in [3.05, 3.63) is 29.8 Å². The van der Waals surface area contributed by atoms with E-state index in [0.717, 1.165) is 17.8 Å². The molecule has 0 aliphatic heterocycles. The summed E-state index contributed by atoms with van der Waals surface area (Å²) in [6.45, 7) is 6.60. The Balaban J connectivity index is 2.33. The first-order chi connectivity index (χ1) is 10.0. The van der Waals surface area contributed by atoms with Crippen LogP contribution in [-0.2, 0) is 16.1 Å². The summed E-state index contributed by atoms with van der Waals surface area (Å²) in [5, 5.41) is 6.19. The SMILES string of the molecule is COCCNc1ccc(CNC(=O)CN(C)C(C)C)cc1. The van der Waals surface area contributed by atoms with Crippen LogP contribution in [0.2, 0.25) is 0 Å². The molecule has 0 unspecified atom stereocenters. The van der Waals surface area contributed by atoms with Gasteiger partial charge in [-0.05, 0) is 38.6 Å². The van der Waals surface area contributed by atoms with Gasteiger partial charge in [0.15, 0.2) is 0 Å². The Morgan fingerprint density at radius 1 is 1.29 bits per heavy atom. The van der Waals surface area contributed by atoms with Crippen LogP contribution in [0.4, 0.5) is 5.69 Å². The second kappa shape index (κ2) is 9.37. The molecule has 0 heterocycles. The number of carbonyl (C=O) groups is 1. The third kappa shape index (κ3) is 7.11. The number of rotatable bonds is 9. The Bertz CT molecular complexity index is 418. The number of methoxy groups -OCH3 is 1. The molecule has 0 aliphatic rings. The van der Waals surface area contributed by atoms with Crippen LogP contribution in [0, 0.1) is 0 Å². The smallest absolute Gasteiger partial charge is 0.234 e. The molecule has 1 amide bonds. The second-order valence-corrected chi connectivity index (χ2v) is 5.40. The highest BCUT2D eigenvalue weighted by Gasteiger charge is 2.08. The van der Waals surface area contributed by atoms with Crippen molar-refractivity contribution in [2.45, 2.75) is 26.4 Å². The highest BCUT2D eigenvalue weighted by atomic mass is 16.5. The molecule has 0 aliphatic carbocycles. The second-order valence-electron chi connectivity index (χ2n) is 5.40. The molecule has 0 radical (unpaired) electrons. The maximum absolute atomic E-state index is 11.8. The van der Waals surface area contributed by atoms with Gasteiger partial charge in [-0.15, -0.1) is 0 Å². The molecule has 0 atom stereocenters. The van der Waals surface area contributed by atoms with Gasteiger partial charge in [-0.3, -0.25) is 9.69 Å². The van der Waals surface area contributed by atoms with E-state index in [9.17, 15) is 4.79 Å². The van der Waals surface area contributed by atoms with Crippen LogP contribution in [0.15, 0.2) is 24.3 Å². The minimum atomic E-state index is 0.0495. The van der Waals surface area contributed by atoms with E-state index in [1.807, 2.05) is 36.2 Å². The van der Waals surface area contributed by atoms with Crippen molar-refractivity contribution in [3.63, 3.8) is 0 Å². The first-order valence-electron chi connectivity index (χ1n) is 7.31. The third-order valence-electron chi connectivity index (χ3n) is 3.35. The predicted molar refractivity (Wildman–Crippen MR) is 86.4 cm³/mol. The fourth-order valence-electron chi connectivity index (χ4n) is 1.70. The molecule has 1 aromatic rings. The zero-order valence-electron chi connectivity index (χ0n) is 13.5. The van der Waals surface area contributed by atoms with Crippen molar-refractivity contribution in [3.8, 4) is 0 Å².